The fourth-order valence-electron chi connectivity index (χ4n) is 4.87. The molecule has 1 aromatic rings. The quantitative estimate of drug-likeness (QED) is 0.902. The topological polar surface area (TPSA) is 62.7 Å². The van der Waals surface area contributed by atoms with Gasteiger partial charge < -0.3 is 14.7 Å². The first-order valence-electron chi connectivity index (χ1n) is 9.87. The maximum atomic E-state index is 12.5. The normalized spacial score (nSPS) is 30.6. The van der Waals surface area contributed by atoms with Gasteiger partial charge in [0, 0.05) is 35.7 Å². The highest BCUT2D eigenvalue weighted by Gasteiger charge is 2.51. The number of ether oxygens (including phenoxy) is 1. The Hall–Kier alpha value is -1.62. The van der Waals surface area contributed by atoms with Crippen molar-refractivity contribution in [3.63, 3.8) is 0 Å². The first-order chi connectivity index (χ1) is 12.3. The van der Waals surface area contributed by atoms with Gasteiger partial charge in [0.15, 0.2) is 0 Å². The van der Waals surface area contributed by atoms with Crippen LogP contribution in [0.2, 0.25) is 0 Å². The number of hydrogen-bond donors (Lipinski definition) is 1. The Morgan fingerprint density at radius 3 is 2.50 bits per heavy atom. The number of hydrogen-bond acceptors (Lipinski definition) is 4. The third-order valence-corrected chi connectivity index (χ3v) is 6.55. The summed E-state index contributed by atoms with van der Waals surface area (Å²) in [7, 11) is 0. The number of nitrogens with zero attached hydrogens (tertiary/aromatic N) is 2. The van der Waals surface area contributed by atoms with Crippen LogP contribution in [0.15, 0.2) is 12.1 Å². The van der Waals surface area contributed by atoms with Gasteiger partial charge >= 0.3 is 0 Å². The lowest BCUT2D eigenvalue weighted by atomic mass is 9.66. The number of aryl methyl sites for hydroxylation is 2. The van der Waals surface area contributed by atoms with Gasteiger partial charge in [-0.1, -0.05) is 6.07 Å². The Morgan fingerprint density at radius 1 is 1.23 bits per heavy atom. The summed E-state index contributed by atoms with van der Waals surface area (Å²) in [5.41, 5.74) is 1.76. The zero-order valence-corrected chi connectivity index (χ0v) is 16.1. The van der Waals surface area contributed by atoms with Gasteiger partial charge in [0.2, 0.25) is 11.8 Å². The summed E-state index contributed by atoms with van der Waals surface area (Å²) in [4.78, 5) is 19.0. The Morgan fingerprint density at radius 2 is 1.88 bits per heavy atom. The van der Waals surface area contributed by atoms with Gasteiger partial charge in [0.25, 0.3) is 0 Å². The Bertz CT molecular complexity index is 691. The van der Waals surface area contributed by atoms with Crippen LogP contribution in [0.3, 0.4) is 0 Å². The molecule has 3 fully saturated rings. The van der Waals surface area contributed by atoms with E-state index in [4.69, 9.17) is 4.74 Å². The molecule has 0 atom stereocenters. The lowest BCUT2D eigenvalue weighted by molar-refractivity contribution is -0.164. The van der Waals surface area contributed by atoms with Crippen LogP contribution in [0, 0.1) is 25.2 Å². The molecule has 5 heteroatoms. The maximum Gasteiger partial charge on any atom is 0.225 e. The third kappa shape index (κ3) is 3.34. The molecule has 3 aliphatic rings. The van der Waals surface area contributed by atoms with E-state index >= 15 is 0 Å². The van der Waals surface area contributed by atoms with Crippen molar-refractivity contribution in [3.8, 4) is 5.88 Å². The first-order valence-corrected chi connectivity index (χ1v) is 9.87. The molecule has 1 amide bonds. The monoisotopic (exact) mass is 358 g/mol. The average molecular weight is 358 g/mol. The van der Waals surface area contributed by atoms with E-state index in [1.54, 1.807) is 0 Å². The largest absolute Gasteiger partial charge is 0.474 e. The number of amides is 1. The van der Waals surface area contributed by atoms with Crippen molar-refractivity contribution in [1.82, 2.24) is 9.88 Å². The second-order valence-corrected chi connectivity index (χ2v) is 9.19. The van der Waals surface area contributed by atoms with E-state index in [-0.39, 0.29) is 17.9 Å². The highest BCUT2D eigenvalue weighted by atomic mass is 16.5. The summed E-state index contributed by atoms with van der Waals surface area (Å²) >= 11 is 0. The van der Waals surface area contributed by atoms with Crippen LogP contribution in [0.5, 0.6) is 5.88 Å². The summed E-state index contributed by atoms with van der Waals surface area (Å²) < 4.78 is 6.17. The number of aromatic nitrogens is 1. The van der Waals surface area contributed by atoms with E-state index in [1.165, 1.54) is 0 Å². The molecule has 5 nitrogen and oxygen atoms in total. The van der Waals surface area contributed by atoms with Gasteiger partial charge in [-0.25, -0.2) is 4.98 Å². The third-order valence-electron chi connectivity index (χ3n) is 6.55. The number of carbonyl (C=O) groups is 1. The zero-order valence-electron chi connectivity index (χ0n) is 16.1. The molecule has 0 aromatic carbocycles. The fraction of sp³-hybridized carbons (Fsp3) is 0.714. The summed E-state index contributed by atoms with van der Waals surface area (Å²) in [5, 5.41) is 9.84. The average Bonchev–Trinajstić information content (AvgIpc) is 2.54. The SMILES string of the molecule is Cc1ccc(C)c(OC2CCC3(CC2)CN(C(=O)[C@H]2C[C@@](C)(O)C2)C3)n1. The number of rotatable bonds is 3. The molecule has 4 rings (SSSR count). The van der Waals surface area contributed by atoms with E-state index in [0.717, 1.165) is 55.9 Å². The molecule has 1 saturated heterocycles. The lowest BCUT2D eigenvalue weighted by Gasteiger charge is -2.55. The molecule has 142 valence electrons. The first kappa shape index (κ1) is 17.8. The van der Waals surface area contributed by atoms with Crippen molar-refractivity contribution >= 4 is 5.91 Å². The second kappa shape index (κ2) is 6.22. The molecule has 0 radical (unpaired) electrons. The van der Waals surface area contributed by atoms with Crippen molar-refractivity contribution in [1.29, 1.82) is 0 Å². The molecule has 1 aromatic heterocycles. The molecule has 0 unspecified atom stereocenters. The minimum absolute atomic E-state index is 0.0393. The molecule has 1 spiro atoms. The van der Waals surface area contributed by atoms with Gasteiger partial charge in [0.05, 0.1) is 5.60 Å². The summed E-state index contributed by atoms with van der Waals surface area (Å²) in [5.74, 6) is 1.06. The van der Waals surface area contributed by atoms with Crippen LogP contribution in [-0.2, 0) is 4.79 Å². The van der Waals surface area contributed by atoms with Crippen LogP contribution in [-0.4, -0.2) is 45.7 Å². The zero-order chi connectivity index (χ0) is 18.5. The van der Waals surface area contributed by atoms with Crippen LogP contribution >= 0.6 is 0 Å². The number of carbonyl (C=O) groups excluding carboxylic acids is 1. The van der Waals surface area contributed by atoms with Crippen LogP contribution in [0.25, 0.3) is 0 Å². The number of likely N-dealkylation sites (tertiary alicyclic amines) is 1. The highest BCUT2D eigenvalue weighted by molar-refractivity contribution is 5.81. The molecular weight excluding hydrogens is 328 g/mol. The molecule has 26 heavy (non-hydrogen) atoms. The van der Waals surface area contributed by atoms with E-state index < -0.39 is 5.60 Å². The minimum atomic E-state index is -0.625. The van der Waals surface area contributed by atoms with Crippen LogP contribution in [0.1, 0.15) is 56.7 Å². The summed E-state index contributed by atoms with van der Waals surface area (Å²) in [6, 6.07) is 4.08. The lowest BCUT2D eigenvalue weighted by Crippen LogP contribution is -2.63. The standard InChI is InChI=1S/C21H30N2O3/c1-14-4-5-15(2)22-18(14)26-17-6-8-21(9-7-17)12-23(13-21)19(24)16-10-20(3,25)11-16/h4-5,16-17,25H,6-13H2,1-3H3/t16-,20+. The molecule has 0 bridgehead atoms. The molecular formula is C21H30N2O3. The second-order valence-electron chi connectivity index (χ2n) is 9.19. The Kier molecular flexibility index (Phi) is 4.25. The maximum absolute atomic E-state index is 12.5. The molecule has 1 aliphatic heterocycles. The van der Waals surface area contributed by atoms with E-state index in [9.17, 15) is 9.90 Å². The van der Waals surface area contributed by atoms with Gasteiger partial charge in [-0.05, 0) is 65.4 Å². The summed E-state index contributed by atoms with van der Waals surface area (Å²) in [6.07, 6.45) is 5.79. The van der Waals surface area contributed by atoms with Crippen LogP contribution in [0.4, 0.5) is 0 Å². The van der Waals surface area contributed by atoms with Crippen LogP contribution < -0.4 is 4.74 Å². The number of pyridine rings is 1. The van der Waals surface area contributed by atoms with E-state index in [0.29, 0.717) is 18.3 Å². The highest BCUT2D eigenvalue weighted by Crippen LogP contribution is 2.47. The van der Waals surface area contributed by atoms with Crippen molar-refractivity contribution in [3.05, 3.63) is 23.4 Å². The molecule has 2 saturated carbocycles. The smallest absolute Gasteiger partial charge is 0.225 e. The summed E-state index contributed by atoms with van der Waals surface area (Å²) in [6.45, 7) is 7.63. The van der Waals surface area contributed by atoms with Crippen molar-refractivity contribution in [2.75, 3.05) is 13.1 Å². The fourth-order valence-corrected chi connectivity index (χ4v) is 4.87. The minimum Gasteiger partial charge on any atom is -0.474 e. The van der Waals surface area contributed by atoms with Gasteiger partial charge in [0.1, 0.15) is 6.10 Å². The van der Waals surface area contributed by atoms with E-state index in [2.05, 4.69) is 11.1 Å². The molecule has 1 N–H and O–H groups in total. The van der Waals surface area contributed by atoms with E-state index in [1.807, 2.05) is 31.7 Å². The predicted molar refractivity (Wildman–Crippen MR) is 99.0 cm³/mol. The van der Waals surface area contributed by atoms with Gasteiger partial charge in [-0.15, -0.1) is 0 Å². The Labute approximate surface area is 155 Å². The van der Waals surface area contributed by atoms with Gasteiger partial charge in [-0.3, -0.25) is 4.79 Å². The predicted octanol–water partition coefficient (Wildman–Crippen LogP) is 3.01. The molecule has 2 aliphatic carbocycles. The van der Waals surface area contributed by atoms with Crippen molar-refractivity contribution in [2.24, 2.45) is 11.3 Å². The number of aliphatic hydroxyl groups is 1. The Balaban J connectivity index is 1.26. The molecule has 2 heterocycles. The van der Waals surface area contributed by atoms with Crippen molar-refractivity contribution in [2.45, 2.75) is 71.0 Å². The van der Waals surface area contributed by atoms with Crippen molar-refractivity contribution < 1.29 is 14.6 Å². The van der Waals surface area contributed by atoms with Gasteiger partial charge in [-0.2, -0.15) is 0 Å².